The second-order valence-corrected chi connectivity index (χ2v) is 7.39. The second kappa shape index (κ2) is 8.72. The van der Waals surface area contributed by atoms with Gasteiger partial charge in [-0.05, 0) is 55.5 Å². The smallest absolute Gasteiger partial charge is 0.255 e. The molecule has 2 aromatic carbocycles. The van der Waals surface area contributed by atoms with Gasteiger partial charge in [-0.15, -0.1) is 0 Å². The standard InChI is InChI=1S/C24H20N6O3/c1-14-21(29-24(33)16-3-5-18(6-4-16)27-15(2)31)13-30-23(14)22(17(11-25)12-26-30)28-19-7-9-20(32)10-8-19/h3-10,12-13,28,32H,1-2H3,(H,27,31)(H,29,33). The molecule has 0 fully saturated rings. The lowest BCUT2D eigenvalue weighted by Gasteiger charge is -2.11. The van der Waals surface area contributed by atoms with Crippen LogP contribution < -0.4 is 16.0 Å². The van der Waals surface area contributed by atoms with Gasteiger partial charge < -0.3 is 21.1 Å². The Morgan fingerprint density at radius 1 is 1.03 bits per heavy atom. The predicted molar refractivity (Wildman–Crippen MR) is 125 cm³/mol. The Bertz CT molecular complexity index is 1400. The first kappa shape index (κ1) is 21.4. The first-order chi connectivity index (χ1) is 15.9. The summed E-state index contributed by atoms with van der Waals surface area (Å²) in [6, 6.07) is 15.2. The number of carbonyl (C=O) groups is 2. The molecule has 2 amide bonds. The van der Waals surface area contributed by atoms with Crippen molar-refractivity contribution in [2.45, 2.75) is 13.8 Å². The second-order valence-electron chi connectivity index (χ2n) is 7.39. The van der Waals surface area contributed by atoms with E-state index < -0.39 is 0 Å². The van der Waals surface area contributed by atoms with Crippen LogP contribution in [0, 0.1) is 18.3 Å². The molecule has 0 radical (unpaired) electrons. The van der Waals surface area contributed by atoms with Gasteiger partial charge in [0.05, 0.1) is 34.8 Å². The van der Waals surface area contributed by atoms with E-state index in [1.807, 2.05) is 6.92 Å². The number of phenolic OH excluding ortho intramolecular Hbond substituents is 1. The number of fused-ring (bicyclic) bond motifs is 1. The van der Waals surface area contributed by atoms with E-state index in [1.54, 1.807) is 59.2 Å². The molecular weight excluding hydrogens is 420 g/mol. The average molecular weight is 440 g/mol. The molecule has 2 aromatic heterocycles. The summed E-state index contributed by atoms with van der Waals surface area (Å²) in [5.41, 5.74) is 4.49. The van der Waals surface area contributed by atoms with E-state index in [-0.39, 0.29) is 17.6 Å². The highest BCUT2D eigenvalue weighted by Crippen LogP contribution is 2.32. The van der Waals surface area contributed by atoms with Gasteiger partial charge in [-0.25, -0.2) is 4.52 Å². The van der Waals surface area contributed by atoms with Crippen LogP contribution in [0.3, 0.4) is 0 Å². The number of carbonyl (C=O) groups excluding carboxylic acids is 2. The monoisotopic (exact) mass is 440 g/mol. The number of rotatable bonds is 5. The van der Waals surface area contributed by atoms with Crippen molar-refractivity contribution in [1.82, 2.24) is 9.61 Å². The molecule has 0 bridgehead atoms. The molecule has 33 heavy (non-hydrogen) atoms. The van der Waals surface area contributed by atoms with Crippen LogP contribution in [0.2, 0.25) is 0 Å². The zero-order chi connectivity index (χ0) is 23.5. The molecule has 0 aliphatic heterocycles. The lowest BCUT2D eigenvalue weighted by atomic mass is 10.1. The molecule has 0 saturated carbocycles. The maximum absolute atomic E-state index is 12.8. The highest BCUT2D eigenvalue weighted by atomic mass is 16.3. The Balaban J connectivity index is 1.66. The van der Waals surface area contributed by atoms with E-state index in [4.69, 9.17) is 0 Å². The van der Waals surface area contributed by atoms with Crippen molar-refractivity contribution in [1.29, 1.82) is 5.26 Å². The Morgan fingerprint density at radius 3 is 2.33 bits per heavy atom. The number of nitrogens with zero attached hydrogens (tertiary/aromatic N) is 3. The van der Waals surface area contributed by atoms with E-state index in [0.29, 0.717) is 39.4 Å². The number of amides is 2. The fourth-order valence-electron chi connectivity index (χ4n) is 3.42. The number of hydrogen-bond acceptors (Lipinski definition) is 6. The minimum atomic E-state index is -0.322. The molecule has 0 aliphatic carbocycles. The zero-order valence-electron chi connectivity index (χ0n) is 17.9. The molecule has 4 rings (SSSR count). The molecule has 4 N–H and O–H groups in total. The van der Waals surface area contributed by atoms with E-state index in [2.05, 4.69) is 27.1 Å². The van der Waals surface area contributed by atoms with Gasteiger partial charge in [-0.2, -0.15) is 10.4 Å². The van der Waals surface area contributed by atoms with E-state index >= 15 is 0 Å². The van der Waals surface area contributed by atoms with Gasteiger partial charge in [0.15, 0.2) is 0 Å². The maximum atomic E-state index is 12.8. The quantitative estimate of drug-likeness (QED) is 0.344. The Kier molecular flexibility index (Phi) is 5.66. The van der Waals surface area contributed by atoms with Crippen LogP contribution in [0.15, 0.2) is 60.9 Å². The Morgan fingerprint density at radius 2 is 1.70 bits per heavy atom. The molecule has 0 saturated heterocycles. The Hall–Kier alpha value is -4.84. The van der Waals surface area contributed by atoms with Gasteiger partial charge in [0.2, 0.25) is 5.91 Å². The fraction of sp³-hybridized carbons (Fsp3) is 0.0833. The van der Waals surface area contributed by atoms with Crippen LogP contribution >= 0.6 is 0 Å². The van der Waals surface area contributed by atoms with Crippen molar-refractivity contribution in [3.63, 3.8) is 0 Å². The van der Waals surface area contributed by atoms with Crippen molar-refractivity contribution in [3.05, 3.63) is 77.6 Å². The zero-order valence-corrected chi connectivity index (χ0v) is 17.9. The highest BCUT2D eigenvalue weighted by Gasteiger charge is 2.18. The first-order valence-electron chi connectivity index (χ1n) is 10.0. The molecule has 164 valence electrons. The fourth-order valence-corrected chi connectivity index (χ4v) is 3.42. The summed E-state index contributed by atoms with van der Waals surface area (Å²) in [6.07, 6.45) is 3.12. The van der Waals surface area contributed by atoms with Crippen LogP contribution in [0.1, 0.15) is 28.4 Å². The molecule has 9 heteroatoms. The van der Waals surface area contributed by atoms with Gasteiger partial charge in [-0.1, -0.05) is 0 Å². The van der Waals surface area contributed by atoms with Crippen LogP contribution in [0.5, 0.6) is 5.75 Å². The minimum absolute atomic E-state index is 0.134. The van der Waals surface area contributed by atoms with Gasteiger partial charge in [0, 0.05) is 29.4 Å². The number of benzene rings is 2. The third kappa shape index (κ3) is 4.45. The molecule has 0 aliphatic rings. The number of aryl methyl sites for hydroxylation is 1. The lowest BCUT2D eigenvalue weighted by molar-refractivity contribution is -0.114. The average Bonchev–Trinajstić information content (AvgIpc) is 3.11. The number of aromatic hydroxyl groups is 1. The highest BCUT2D eigenvalue weighted by molar-refractivity contribution is 6.06. The number of nitriles is 1. The third-order valence-electron chi connectivity index (χ3n) is 5.03. The number of anilines is 4. The van der Waals surface area contributed by atoms with Crippen LogP contribution in [-0.2, 0) is 4.79 Å². The summed E-state index contributed by atoms with van der Waals surface area (Å²) < 4.78 is 1.59. The number of phenols is 1. The molecule has 0 unspecified atom stereocenters. The number of nitrogens with one attached hydrogen (secondary N) is 3. The summed E-state index contributed by atoms with van der Waals surface area (Å²) in [6.45, 7) is 3.24. The van der Waals surface area contributed by atoms with Gasteiger partial charge >= 0.3 is 0 Å². The summed E-state index contributed by atoms with van der Waals surface area (Å²) >= 11 is 0. The van der Waals surface area contributed by atoms with Crippen LogP contribution in [0.4, 0.5) is 22.7 Å². The summed E-state index contributed by atoms with van der Waals surface area (Å²) in [5.74, 6) is -0.379. The molecule has 9 nitrogen and oxygen atoms in total. The maximum Gasteiger partial charge on any atom is 0.255 e. The third-order valence-corrected chi connectivity index (χ3v) is 5.03. The normalized spacial score (nSPS) is 10.5. The number of hydrogen-bond donors (Lipinski definition) is 4. The van der Waals surface area contributed by atoms with E-state index in [1.165, 1.54) is 13.1 Å². The lowest BCUT2D eigenvalue weighted by Crippen LogP contribution is -2.12. The Labute approximate surface area is 189 Å². The summed E-state index contributed by atoms with van der Waals surface area (Å²) in [5, 5.41) is 32.2. The molecule has 2 heterocycles. The molecule has 0 spiro atoms. The van der Waals surface area contributed by atoms with Gasteiger partial charge in [0.25, 0.3) is 5.91 Å². The van der Waals surface area contributed by atoms with Crippen LogP contribution in [0.25, 0.3) is 5.52 Å². The van der Waals surface area contributed by atoms with E-state index in [9.17, 15) is 20.0 Å². The largest absolute Gasteiger partial charge is 0.508 e. The number of aromatic nitrogens is 2. The van der Waals surface area contributed by atoms with Crippen molar-refractivity contribution in [2.24, 2.45) is 0 Å². The van der Waals surface area contributed by atoms with Crippen molar-refractivity contribution in [2.75, 3.05) is 16.0 Å². The van der Waals surface area contributed by atoms with Crippen molar-refractivity contribution >= 4 is 40.1 Å². The molecule has 4 aromatic rings. The first-order valence-corrected chi connectivity index (χ1v) is 10.0. The van der Waals surface area contributed by atoms with E-state index in [0.717, 1.165) is 5.56 Å². The summed E-state index contributed by atoms with van der Waals surface area (Å²) in [7, 11) is 0. The molecule has 0 atom stereocenters. The SMILES string of the molecule is CC(=O)Nc1ccc(C(=O)Nc2cn3ncc(C#N)c(Nc4ccc(O)cc4)c3c2C)cc1. The van der Waals surface area contributed by atoms with Crippen molar-refractivity contribution in [3.8, 4) is 11.8 Å². The topological polar surface area (TPSA) is 132 Å². The van der Waals surface area contributed by atoms with Crippen molar-refractivity contribution < 1.29 is 14.7 Å². The summed E-state index contributed by atoms with van der Waals surface area (Å²) in [4.78, 5) is 24.0. The van der Waals surface area contributed by atoms with Gasteiger partial charge in [-0.3, -0.25) is 9.59 Å². The minimum Gasteiger partial charge on any atom is -0.508 e. The predicted octanol–water partition coefficient (Wildman–Crippen LogP) is 4.17. The van der Waals surface area contributed by atoms with Crippen LogP contribution in [-0.4, -0.2) is 26.5 Å². The molecular formula is C24H20N6O3. The van der Waals surface area contributed by atoms with Gasteiger partial charge in [0.1, 0.15) is 11.8 Å².